The Morgan fingerprint density at radius 1 is 1.50 bits per heavy atom. The van der Waals surface area contributed by atoms with Crippen LogP contribution in [0.15, 0.2) is 12.2 Å². The maximum absolute atomic E-state index is 5.62. The van der Waals surface area contributed by atoms with Crippen LogP contribution in [0.5, 0.6) is 0 Å². The van der Waals surface area contributed by atoms with Crippen molar-refractivity contribution in [1.29, 1.82) is 0 Å². The van der Waals surface area contributed by atoms with E-state index in [2.05, 4.69) is 19.9 Å². The quantitative estimate of drug-likeness (QED) is 0.653. The topological polar surface area (TPSA) is 35.2 Å². The summed E-state index contributed by atoms with van der Waals surface area (Å²) in [5.41, 5.74) is 5.45. The first-order chi connectivity index (χ1) is 5.64. The number of allylic oxidation sites excluding steroid dienone is 1. The Balaban J connectivity index is 2.24. The molecular formula is C10H19NO. The van der Waals surface area contributed by atoms with Crippen LogP contribution >= 0.6 is 0 Å². The Kier molecular flexibility index (Phi) is 3.29. The fourth-order valence-corrected chi connectivity index (χ4v) is 1.69. The maximum atomic E-state index is 5.62. The lowest BCUT2D eigenvalue weighted by Crippen LogP contribution is -2.16. The minimum absolute atomic E-state index is 0.0984. The van der Waals surface area contributed by atoms with Crippen molar-refractivity contribution in [3.8, 4) is 0 Å². The summed E-state index contributed by atoms with van der Waals surface area (Å²) in [4.78, 5) is 0. The predicted molar refractivity (Wildman–Crippen MR) is 50.9 cm³/mol. The lowest BCUT2D eigenvalue weighted by Gasteiger charge is -2.15. The van der Waals surface area contributed by atoms with Crippen LogP contribution in [-0.2, 0) is 4.74 Å². The molecule has 0 spiro atoms. The van der Waals surface area contributed by atoms with Crippen LogP contribution in [-0.4, -0.2) is 18.8 Å². The molecule has 2 heteroatoms. The Hall–Kier alpha value is -0.340. The number of hydrogen-bond acceptors (Lipinski definition) is 2. The molecule has 0 aliphatic carbocycles. The van der Waals surface area contributed by atoms with Crippen molar-refractivity contribution < 1.29 is 4.74 Å². The summed E-state index contributed by atoms with van der Waals surface area (Å²) in [7, 11) is 0. The zero-order valence-electron chi connectivity index (χ0n) is 8.05. The highest BCUT2D eigenvalue weighted by molar-refractivity contribution is 4.89. The summed E-state index contributed by atoms with van der Waals surface area (Å²) in [6.45, 7) is 5.86. The molecule has 12 heavy (non-hydrogen) atoms. The maximum Gasteiger partial charge on any atom is 0.0630 e. The van der Waals surface area contributed by atoms with Crippen LogP contribution in [0.25, 0.3) is 0 Å². The summed E-state index contributed by atoms with van der Waals surface area (Å²) in [6.07, 6.45) is 6.46. The summed E-state index contributed by atoms with van der Waals surface area (Å²) < 4.78 is 5.62. The van der Waals surface area contributed by atoms with Crippen LogP contribution in [0.4, 0.5) is 0 Å². The molecule has 0 saturated carbocycles. The largest absolute Gasteiger partial charge is 0.375 e. The van der Waals surface area contributed by atoms with E-state index in [1.54, 1.807) is 0 Å². The van der Waals surface area contributed by atoms with E-state index in [0.29, 0.717) is 12.5 Å². The Morgan fingerprint density at radius 3 is 2.75 bits per heavy atom. The molecule has 0 bridgehead atoms. The van der Waals surface area contributed by atoms with Crippen LogP contribution in [0.1, 0.15) is 26.7 Å². The fraction of sp³-hybridized carbons (Fsp3) is 0.800. The molecule has 0 radical (unpaired) electrons. The Morgan fingerprint density at radius 2 is 2.25 bits per heavy atom. The van der Waals surface area contributed by atoms with Crippen molar-refractivity contribution in [2.24, 2.45) is 11.7 Å². The van der Waals surface area contributed by atoms with Gasteiger partial charge in [-0.25, -0.2) is 0 Å². The number of ether oxygens (including phenoxy) is 1. The van der Waals surface area contributed by atoms with Crippen molar-refractivity contribution in [3.63, 3.8) is 0 Å². The molecule has 0 aromatic heterocycles. The Bertz CT molecular complexity index is 163. The molecule has 1 rings (SSSR count). The van der Waals surface area contributed by atoms with Gasteiger partial charge in [0.2, 0.25) is 0 Å². The SMILES string of the molecule is CC1(C)CC(CC=CCN)CO1. The summed E-state index contributed by atoms with van der Waals surface area (Å²) in [5, 5.41) is 0. The van der Waals surface area contributed by atoms with Gasteiger partial charge in [0.25, 0.3) is 0 Å². The molecule has 2 nitrogen and oxygen atoms in total. The monoisotopic (exact) mass is 169 g/mol. The van der Waals surface area contributed by atoms with Crippen LogP contribution in [0.3, 0.4) is 0 Å². The first-order valence-corrected chi connectivity index (χ1v) is 4.63. The van der Waals surface area contributed by atoms with E-state index in [0.717, 1.165) is 13.0 Å². The first-order valence-electron chi connectivity index (χ1n) is 4.63. The van der Waals surface area contributed by atoms with Crippen molar-refractivity contribution >= 4 is 0 Å². The van der Waals surface area contributed by atoms with E-state index < -0.39 is 0 Å². The smallest absolute Gasteiger partial charge is 0.0630 e. The van der Waals surface area contributed by atoms with Gasteiger partial charge in [-0.15, -0.1) is 0 Å². The van der Waals surface area contributed by atoms with Crippen molar-refractivity contribution in [2.75, 3.05) is 13.2 Å². The number of nitrogens with two attached hydrogens (primary N) is 1. The van der Waals surface area contributed by atoms with Crippen molar-refractivity contribution in [2.45, 2.75) is 32.3 Å². The van der Waals surface area contributed by atoms with Crippen LogP contribution in [0, 0.1) is 5.92 Å². The van der Waals surface area contributed by atoms with Crippen LogP contribution < -0.4 is 5.73 Å². The molecule has 0 aromatic rings. The minimum Gasteiger partial charge on any atom is -0.375 e. The molecule has 1 fully saturated rings. The molecule has 70 valence electrons. The Labute approximate surface area is 74.8 Å². The van der Waals surface area contributed by atoms with E-state index in [1.807, 2.05) is 6.08 Å². The lowest BCUT2D eigenvalue weighted by molar-refractivity contribution is 0.0350. The average Bonchev–Trinajstić information content (AvgIpc) is 2.31. The molecule has 0 aromatic carbocycles. The highest BCUT2D eigenvalue weighted by atomic mass is 16.5. The zero-order chi connectivity index (χ0) is 9.03. The van der Waals surface area contributed by atoms with Crippen LogP contribution in [0.2, 0.25) is 0 Å². The molecule has 2 N–H and O–H groups in total. The predicted octanol–water partition coefficient (Wildman–Crippen LogP) is 1.71. The number of rotatable bonds is 3. The van der Waals surface area contributed by atoms with Gasteiger partial charge in [0.05, 0.1) is 12.2 Å². The van der Waals surface area contributed by atoms with Crippen molar-refractivity contribution in [3.05, 3.63) is 12.2 Å². The van der Waals surface area contributed by atoms with Gasteiger partial charge in [0.15, 0.2) is 0 Å². The van der Waals surface area contributed by atoms with Gasteiger partial charge in [-0.05, 0) is 32.6 Å². The van der Waals surface area contributed by atoms with E-state index in [1.165, 1.54) is 6.42 Å². The lowest BCUT2D eigenvalue weighted by atomic mass is 9.95. The van der Waals surface area contributed by atoms with E-state index in [9.17, 15) is 0 Å². The molecule has 1 aliphatic heterocycles. The molecule has 0 amide bonds. The highest BCUT2D eigenvalue weighted by Gasteiger charge is 2.30. The molecule has 1 saturated heterocycles. The second-order valence-corrected chi connectivity index (χ2v) is 4.08. The third-order valence-electron chi connectivity index (χ3n) is 2.26. The second kappa shape index (κ2) is 4.06. The second-order valence-electron chi connectivity index (χ2n) is 4.08. The third kappa shape index (κ3) is 2.95. The minimum atomic E-state index is 0.0984. The molecule has 1 heterocycles. The standard InChI is InChI=1S/C10H19NO/c1-10(2)7-9(8-12-10)5-3-4-6-11/h3-4,9H,5-8,11H2,1-2H3. The number of hydrogen-bond donors (Lipinski definition) is 1. The molecular weight excluding hydrogens is 150 g/mol. The van der Waals surface area contributed by atoms with Gasteiger partial charge < -0.3 is 10.5 Å². The first kappa shape index (κ1) is 9.75. The van der Waals surface area contributed by atoms with E-state index in [-0.39, 0.29) is 5.60 Å². The molecule has 1 atom stereocenters. The fourth-order valence-electron chi connectivity index (χ4n) is 1.69. The van der Waals surface area contributed by atoms with Crippen molar-refractivity contribution in [1.82, 2.24) is 0 Å². The van der Waals surface area contributed by atoms with E-state index >= 15 is 0 Å². The highest BCUT2D eigenvalue weighted by Crippen LogP contribution is 2.30. The van der Waals surface area contributed by atoms with Gasteiger partial charge in [-0.1, -0.05) is 12.2 Å². The van der Waals surface area contributed by atoms with Gasteiger partial charge >= 0.3 is 0 Å². The average molecular weight is 169 g/mol. The van der Waals surface area contributed by atoms with Gasteiger partial charge in [0.1, 0.15) is 0 Å². The summed E-state index contributed by atoms with van der Waals surface area (Å²) in [6, 6.07) is 0. The van der Waals surface area contributed by atoms with Gasteiger partial charge in [0, 0.05) is 6.54 Å². The zero-order valence-corrected chi connectivity index (χ0v) is 8.05. The molecule has 1 aliphatic rings. The van der Waals surface area contributed by atoms with E-state index in [4.69, 9.17) is 10.5 Å². The van der Waals surface area contributed by atoms with Gasteiger partial charge in [-0.2, -0.15) is 0 Å². The summed E-state index contributed by atoms with van der Waals surface area (Å²) >= 11 is 0. The molecule has 1 unspecified atom stereocenters. The normalized spacial score (nSPS) is 28.4. The van der Waals surface area contributed by atoms with Gasteiger partial charge in [-0.3, -0.25) is 0 Å². The summed E-state index contributed by atoms with van der Waals surface area (Å²) in [5.74, 6) is 0.697. The third-order valence-corrected chi connectivity index (χ3v) is 2.26.